The van der Waals surface area contributed by atoms with Crippen molar-refractivity contribution in [2.75, 3.05) is 37.0 Å². The molecular weight excluding hydrogens is 372 g/mol. The molecule has 0 spiro atoms. The van der Waals surface area contributed by atoms with Crippen molar-refractivity contribution in [2.24, 2.45) is 0 Å². The van der Waals surface area contributed by atoms with Crippen LogP contribution in [0, 0.1) is 0 Å². The van der Waals surface area contributed by atoms with Crippen LogP contribution >= 0.6 is 15.9 Å². The third kappa shape index (κ3) is 6.60. The summed E-state index contributed by atoms with van der Waals surface area (Å²) in [4.78, 5) is 12.0. The van der Waals surface area contributed by atoms with E-state index in [0.29, 0.717) is 31.3 Å². The fourth-order valence-corrected chi connectivity index (χ4v) is 2.25. The highest BCUT2D eigenvalue weighted by molar-refractivity contribution is 9.10. The molecule has 0 radical (unpaired) electrons. The van der Waals surface area contributed by atoms with Crippen LogP contribution in [0.25, 0.3) is 0 Å². The van der Waals surface area contributed by atoms with Gasteiger partial charge in [-0.25, -0.2) is 0 Å². The second kappa shape index (κ2) is 9.95. The smallest absolute Gasteiger partial charge is 0.243 e. The van der Waals surface area contributed by atoms with Crippen LogP contribution in [-0.2, 0) is 9.53 Å². The Morgan fingerprint density at radius 3 is 2.62 bits per heavy atom. The number of halogens is 1. The normalized spacial score (nSPS) is 10.2. The van der Waals surface area contributed by atoms with Gasteiger partial charge < -0.3 is 20.1 Å². The van der Waals surface area contributed by atoms with Gasteiger partial charge in [0, 0.05) is 28.5 Å². The number of benzene rings is 2. The maximum absolute atomic E-state index is 12.0. The second-order valence-corrected chi connectivity index (χ2v) is 5.90. The number of ether oxygens (including phenoxy) is 2. The van der Waals surface area contributed by atoms with Crippen molar-refractivity contribution >= 4 is 33.2 Å². The number of carbonyl (C=O) groups excluding carboxylic acids is 1. The zero-order valence-electron chi connectivity index (χ0n) is 13.5. The average molecular weight is 393 g/mol. The highest BCUT2D eigenvalue weighted by Crippen LogP contribution is 2.17. The summed E-state index contributed by atoms with van der Waals surface area (Å²) in [5.41, 5.74) is 1.59. The Morgan fingerprint density at radius 1 is 1.08 bits per heavy atom. The second-order valence-electron chi connectivity index (χ2n) is 4.98. The summed E-state index contributed by atoms with van der Waals surface area (Å²) in [7, 11) is 0. The molecule has 0 fully saturated rings. The van der Waals surface area contributed by atoms with E-state index in [1.807, 2.05) is 49.4 Å². The fraction of sp³-hybridized carbons (Fsp3) is 0.278. The van der Waals surface area contributed by atoms with Gasteiger partial charge in [0.2, 0.25) is 5.91 Å². The average Bonchev–Trinajstić information content (AvgIpc) is 2.59. The molecule has 0 aliphatic carbocycles. The van der Waals surface area contributed by atoms with Crippen molar-refractivity contribution in [1.82, 2.24) is 0 Å². The fourth-order valence-electron chi connectivity index (χ4n) is 1.98. The lowest BCUT2D eigenvalue weighted by atomic mass is 10.3. The lowest BCUT2D eigenvalue weighted by Crippen LogP contribution is -2.21. The lowest BCUT2D eigenvalue weighted by Gasteiger charge is -2.10. The van der Waals surface area contributed by atoms with E-state index < -0.39 is 0 Å². The number of anilines is 2. The largest absolute Gasteiger partial charge is 0.491 e. The molecule has 6 heteroatoms. The van der Waals surface area contributed by atoms with Gasteiger partial charge in [-0.2, -0.15) is 0 Å². The van der Waals surface area contributed by atoms with Crippen molar-refractivity contribution < 1.29 is 14.3 Å². The number of nitrogens with one attached hydrogen (secondary N) is 2. The molecule has 2 aromatic rings. The Labute approximate surface area is 150 Å². The third-order valence-corrected chi connectivity index (χ3v) is 3.64. The molecule has 5 nitrogen and oxygen atoms in total. The Kier molecular flexibility index (Phi) is 7.58. The van der Waals surface area contributed by atoms with E-state index in [1.165, 1.54) is 0 Å². The van der Waals surface area contributed by atoms with E-state index in [1.54, 1.807) is 6.07 Å². The van der Waals surface area contributed by atoms with Gasteiger partial charge in [0.15, 0.2) is 0 Å². The maximum atomic E-state index is 12.0. The molecule has 1 amide bonds. The van der Waals surface area contributed by atoms with Gasteiger partial charge >= 0.3 is 0 Å². The first-order valence-electron chi connectivity index (χ1n) is 7.77. The Balaban J connectivity index is 1.79. The quantitative estimate of drug-likeness (QED) is 0.635. The molecule has 0 bridgehead atoms. The van der Waals surface area contributed by atoms with Gasteiger partial charge in [0.05, 0.1) is 13.2 Å². The number of amides is 1. The first-order chi connectivity index (χ1) is 11.7. The van der Waals surface area contributed by atoms with Crippen molar-refractivity contribution in [3.63, 3.8) is 0 Å². The van der Waals surface area contributed by atoms with E-state index in [0.717, 1.165) is 10.2 Å². The van der Waals surface area contributed by atoms with E-state index >= 15 is 0 Å². The maximum Gasteiger partial charge on any atom is 0.243 e. The van der Waals surface area contributed by atoms with Crippen LogP contribution in [0.4, 0.5) is 11.4 Å². The van der Waals surface area contributed by atoms with E-state index in [2.05, 4.69) is 26.6 Å². The molecule has 0 aromatic heterocycles. The van der Waals surface area contributed by atoms with Gasteiger partial charge in [-0.05, 0) is 43.3 Å². The molecule has 2 N–H and O–H groups in total. The molecule has 128 valence electrons. The van der Waals surface area contributed by atoms with Crippen LogP contribution in [0.3, 0.4) is 0 Å². The molecule has 0 unspecified atom stereocenters. The summed E-state index contributed by atoms with van der Waals surface area (Å²) in [5.74, 6) is 0.581. The minimum absolute atomic E-state index is 0.121. The summed E-state index contributed by atoms with van der Waals surface area (Å²) < 4.78 is 11.8. The summed E-state index contributed by atoms with van der Waals surface area (Å²) in [6, 6.07) is 15.0. The van der Waals surface area contributed by atoms with Crippen LogP contribution in [0.1, 0.15) is 6.92 Å². The summed E-state index contributed by atoms with van der Waals surface area (Å²) in [6.45, 7) is 3.83. The molecule has 0 heterocycles. The molecule has 0 aliphatic rings. The number of hydrogen-bond donors (Lipinski definition) is 2. The predicted molar refractivity (Wildman–Crippen MR) is 99.7 cm³/mol. The highest BCUT2D eigenvalue weighted by Gasteiger charge is 2.04. The molecular formula is C18H21BrN2O3. The minimum atomic E-state index is -0.121. The minimum Gasteiger partial charge on any atom is -0.491 e. The molecule has 0 aliphatic heterocycles. The van der Waals surface area contributed by atoms with Crippen LogP contribution < -0.4 is 15.4 Å². The first kappa shape index (κ1) is 18.3. The predicted octanol–water partition coefficient (Wildman–Crippen LogP) is 3.92. The number of rotatable bonds is 9. The summed E-state index contributed by atoms with van der Waals surface area (Å²) in [6.07, 6.45) is 0. The van der Waals surface area contributed by atoms with Crippen molar-refractivity contribution in [2.45, 2.75) is 6.92 Å². The standard InChI is InChI=1S/C18H21BrN2O3/c1-2-23-10-11-24-17-5-3-4-16(12-17)21-18(22)13-20-15-8-6-14(19)7-9-15/h3-9,12,20H,2,10-11,13H2,1H3,(H,21,22). The molecule has 2 aromatic carbocycles. The first-order valence-corrected chi connectivity index (χ1v) is 8.56. The van der Waals surface area contributed by atoms with Gasteiger partial charge in [0.1, 0.15) is 12.4 Å². The molecule has 2 rings (SSSR count). The Hall–Kier alpha value is -2.05. The van der Waals surface area contributed by atoms with Crippen molar-refractivity contribution in [1.29, 1.82) is 0 Å². The van der Waals surface area contributed by atoms with E-state index in [4.69, 9.17) is 9.47 Å². The summed E-state index contributed by atoms with van der Waals surface area (Å²) >= 11 is 3.38. The van der Waals surface area contributed by atoms with Crippen LogP contribution in [0.2, 0.25) is 0 Å². The lowest BCUT2D eigenvalue weighted by molar-refractivity contribution is -0.114. The summed E-state index contributed by atoms with van der Waals surface area (Å²) in [5, 5.41) is 5.92. The molecule has 0 atom stereocenters. The molecule has 24 heavy (non-hydrogen) atoms. The van der Waals surface area contributed by atoms with E-state index in [-0.39, 0.29) is 12.5 Å². The third-order valence-electron chi connectivity index (χ3n) is 3.12. The van der Waals surface area contributed by atoms with E-state index in [9.17, 15) is 4.79 Å². The van der Waals surface area contributed by atoms with Gasteiger partial charge in [-0.15, -0.1) is 0 Å². The molecule has 0 saturated carbocycles. The molecule has 0 saturated heterocycles. The van der Waals surface area contributed by atoms with Gasteiger partial charge in [0.25, 0.3) is 0 Å². The SMILES string of the molecule is CCOCCOc1cccc(NC(=O)CNc2ccc(Br)cc2)c1. The van der Waals surface area contributed by atoms with Crippen molar-refractivity contribution in [3.05, 3.63) is 53.0 Å². The Bertz CT molecular complexity index is 647. The van der Waals surface area contributed by atoms with Crippen LogP contribution in [0.5, 0.6) is 5.75 Å². The van der Waals surface area contributed by atoms with Crippen LogP contribution in [0.15, 0.2) is 53.0 Å². The zero-order chi connectivity index (χ0) is 17.2. The monoisotopic (exact) mass is 392 g/mol. The zero-order valence-corrected chi connectivity index (χ0v) is 15.1. The topological polar surface area (TPSA) is 59.6 Å². The van der Waals surface area contributed by atoms with Gasteiger partial charge in [-0.1, -0.05) is 22.0 Å². The highest BCUT2D eigenvalue weighted by atomic mass is 79.9. The van der Waals surface area contributed by atoms with Crippen molar-refractivity contribution in [3.8, 4) is 5.75 Å². The van der Waals surface area contributed by atoms with Gasteiger partial charge in [-0.3, -0.25) is 4.79 Å². The number of carbonyl (C=O) groups is 1. The Morgan fingerprint density at radius 2 is 1.88 bits per heavy atom. The van der Waals surface area contributed by atoms with Crippen LogP contribution in [-0.4, -0.2) is 32.3 Å². The number of hydrogen-bond acceptors (Lipinski definition) is 4.